The highest BCUT2D eigenvalue weighted by atomic mass is 35.5. The number of ether oxygens (including phenoxy) is 1. The zero-order valence-electron chi connectivity index (χ0n) is 14.3. The number of hydrogen-bond acceptors (Lipinski definition) is 6. The lowest BCUT2D eigenvalue weighted by atomic mass is 10.2. The van der Waals surface area contributed by atoms with Crippen LogP contribution in [0, 0.1) is 0 Å². The van der Waals surface area contributed by atoms with Crippen LogP contribution in [0.5, 0.6) is 0 Å². The second kappa shape index (κ2) is 7.38. The maximum atomic E-state index is 11.8. The minimum atomic E-state index is -0.566. The molecule has 0 bridgehead atoms. The number of benzene rings is 1. The highest BCUT2D eigenvalue weighted by molar-refractivity contribution is 8.02. The first-order valence-electron chi connectivity index (χ1n) is 7.73. The van der Waals surface area contributed by atoms with Crippen LogP contribution in [0.4, 0.5) is 4.79 Å². The fourth-order valence-electron chi connectivity index (χ4n) is 2.16. The van der Waals surface area contributed by atoms with E-state index in [4.69, 9.17) is 27.9 Å². The van der Waals surface area contributed by atoms with Crippen molar-refractivity contribution in [1.29, 1.82) is 0 Å². The fourth-order valence-corrected chi connectivity index (χ4v) is 3.42. The van der Waals surface area contributed by atoms with Gasteiger partial charge in [-0.1, -0.05) is 35.0 Å². The summed E-state index contributed by atoms with van der Waals surface area (Å²) in [4.78, 5) is 11.8. The van der Waals surface area contributed by atoms with Crippen molar-refractivity contribution in [3.63, 3.8) is 0 Å². The molecule has 1 aliphatic rings. The van der Waals surface area contributed by atoms with E-state index in [1.165, 1.54) is 11.8 Å². The molecule has 7 nitrogen and oxygen atoms in total. The normalized spacial score (nSPS) is 13.5. The lowest BCUT2D eigenvalue weighted by Gasteiger charge is -2.21. The number of carbonyl (C=O) groups excluding carboxylic acids is 1. The molecule has 10 heteroatoms. The van der Waals surface area contributed by atoms with Gasteiger partial charge in [0.25, 0.3) is 0 Å². The number of rotatable bonds is 3. The number of carbonyl (C=O) groups is 1. The summed E-state index contributed by atoms with van der Waals surface area (Å²) in [5.74, 6) is 0.536. The molecule has 1 amide bonds. The Morgan fingerprint density at radius 3 is 2.81 bits per heavy atom. The van der Waals surface area contributed by atoms with Gasteiger partial charge in [-0.3, -0.25) is 5.43 Å². The zero-order chi connectivity index (χ0) is 18.9. The molecule has 3 rings (SSSR count). The van der Waals surface area contributed by atoms with Crippen LogP contribution >= 0.6 is 35.0 Å². The Labute approximate surface area is 165 Å². The zero-order valence-corrected chi connectivity index (χ0v) is 16.7. The SMILES string of the molecule is CC(C)(C)OC(=O)NCc1nnc2n1NC(c1ccc(Cl)cc1Cl)=CS2. The van der Waals surface area contributed by atoms with E-state index >= 15 is 0 Å². The van der Waals surface area contributed by atoms with Gasteiger partial charge in [-0.15, -0.1) is 10.2 Å². The summed E-state index contributed by atoms with van der Waals surface area (Å²) >= 11 is 13.6. The Bertz CT molecular complexity index is 876. The van der Waals surface area contributed by atoms with Gasteiger partial charge < -0.3 is 10.1 Å². The predicted molar refractivity (Wildman–Crippen MR) is 103 cm³/mol. The lowest BCUT2D eigenvalue weighted by Crippen LogP contribution is -2.33. The van der Waals surface area contributed by atoms with Crippen LogP contribution in [0.25, 0.3) is 5.70 Å². The molecule has 2 aromatic rings. The quantitative estimate of drug-likeness (QED) is 0.782. The largest absolute Gasteiger partial charge is 0.444 e. The van der Waals surface area contributed by atoms with Gasteiger partial charge in [0.1, 0.15) is 5.60 Å². The minimum absolute atomic E-state index is 0.164. The molecule has 138 valence electrons. The molecule has 0 fully saturated rings. The van der Waals surface area contributed by atoms with Crippen molar-refractivity contribution >= 4 is 46.8 Å². The summed E-state index contributed by atoms with van der Waals surface area (Å²) in [5.41, 5.74) is 4.22. The minimum Gasteiger partial charge on any atom is -0.444 e. The topological polar surface area (TPSA) is 81.1 Å². The molecule has 1 aromatic heterocycles. The smallest absolute Gasteiger partial charge is 0.408 e. The number of halogens is 2. The van der Waals surface area contributed by atoms with Crippen LogP contribution in [0.2, 0.25) is 10.0 Å². The van der Waals surface area contributed by atoms with Crippen molar-refractivity contribution in [3.05, 3.63) is 45.0 Å². The molecule has 0 aliphatic carbocycles. The molecule has 0 atom stereocenters. The first kappa shape index (κ1) is 18.9. The average Bonchev–Trinajstić information content (AvgIpc) is 2.93. The van der Waals surface area contributed by atoms with Crippen molar-refractivity contribution in [2.24, 2.45) is 0 Å². The number of fused-ring (bicyclic) bond motifs is 1. The van der Waals surface area contributed by atoms with E-state index in [2.05, 4.69) is 20.9 Å². The standard InChI is InChI=1S/C16H17Cl2N5O2S/c1-16(2,3)25-15(24)19-7-13-20-21-14-23(13)22-12(8-26-14)10-5-4-9(17)6-11(10)18/h4-6,8,22H,7H2,1-3H3,(H,19,24). The maximum absolute atomic E-state index is 11.8. The summed E-state index contributed by atoms with van der Waals surface area (Å²) in [6.07, 6.45) is -0.519. The Kier molecular flexibility index (Phi) is 5.36. The third-order valence-electron chi connectivity index (χ3n) is 3.23. The molecule has 26 heavy (non-hydrogen) atoms. The van der Waals surface area contributed by atoms with E-state index in [9.17, 15) is 4.79 Å². The van der Waals surface area contributed by atoms with Gasteiger partial charge in [-0.2, -0.15) is 0 Å². The van der Waals surface area contributed by atoms with Gasteiger partial charge in [-0.25, -0.2) is 9.47 Å². The molecule has 1 aliphatic heterocycles. The van der Waals surface area contributed by atoms with Gasteiger partial charge in [0, 0.05) is 16.0 Å². The predicted octanol–water partition coefficient (Wildman–Crippen LogP) is 4.26. The number of aromatic nitrogens is 3. The van der Waals surface area contributed by atoms with E-state index < -0.39 is 11.7 Å². The third kappa shape index (κ3) is 4.44. The van der Waals surface area contributed by atoms with Crippen LogP contribution in [-0.2, 0) is 11.3 Å². The molecule has 0 saturated heterocycles. The first-order valence-corrected chi connectivity index (χ1v) is 9.37. The number of nitrogens with one attached hydrogen (secondary N) is 2. The summed E-state index contributed by atoms with van der Waals surface area (Å²) in [5, 5.41) is 14.5. The summed E-state index contributed by atoms with van der Waals surface area (Å²) < 4.78 is 6.92. The molecule has 2 heterocycles. The van der Waals surface area contributed by atoms with Crippen LogP contribution in [0.1, 0.15) is 32.2 Å². The van der Waals surface area contributed by atoms with Crippen molar-refractivity contribution in [2.45, 2.75) is 38.1 Å². The summed E-state index contributed by atoms with van der Waals surface area (Å²) in [6.45, 7) is 5.57. The van der Waals surface area contributed by atoms with E-state index in [0.29, 0.717) is 21.0 Å². The molecule has 0 radical (unpaired) electrons. The van der Waals surface area contributed by atoms with Crippen LogP contribution in [0.15, 0.2) is 28.8 Å². The van der Waals surface area contributed by atoms with Crippen LogP contribution in [-0.4, -0.2) is 26.6 Å². The number of amides is 1. The van der Waals surface area contributed by atoms with Crippen molar-refractivity contribution in [1.82, 2.24) is 20.2 Å². The molecule has 2 N–H and O–H groups in total. The summed E-state index contributed by atoms with van der Waals surface area (Å²) in [7, 11) is 0. The lowest BCUT2D eigenvalue weighted by molar-refractivity contribution is 0.0522. The number of alkyl carbamates (subject to hydrolysis) is 1. The highest BCUT2D eigenvalue weighted by Crippen LogP contribution is 2.32. The van der Waals surface area contributed by atoms with Gasteiger partial charge in [0.05, 0.1) is 17.3 Å². The van der Waals surface area contributed by atoms with E-state index in [-0.39, 0.29) is 6.54 Å². The van der Waals surface area contributed by atoms with Gasteiger partial charge in [-0.05, 0) is 39.0 Å². The molecular weight excluding hydrogens is 397 g/mol. The van der Waals surface area contributed by atoms with Gasteiger partial charge >= 0.3 is 6.09 Å². The highest BCUT2D eigenvalue weighted by Gasteiger charge is 2.21. The Hall–Kier alpha value is -1.90. The number of thioether (sulfide) groups is 1. The van der Waals surface area contributed by atoms with E-state index in [1.54, 1.807) is 37.6 Å². The fraction of sp³-hybridized carbons (Fsp3) is 0.312. The summed E-state index contributed by atoms with van der Waals surface area (Å²) in [6, 6.07) is 5.28. The molecule has 0 spiro atoms. The Morgan fingerprint density at radius 2 is 2.12 bits per heavy atom. The Morgan fingerprint density at radius 1 is 1.35 bits per heavy atom. The Balaban J connectivity index is 1.72. The average molecular weight is 414 g/mol. The maximum Gasteiger partial charge on any atom is 0.408 e. The van der Waals surface area contributed by atoms with Crippen LogP contribution < -0.4 is 10.7 Å². The van der Waals surface area contributed by atoms with E-state index in [0.717, 1.165) is 11.3 Å². The van der Waals surface area contributed by atoms with Crippen molar-refractivity contribution in [3.8, 4) is 0 Å². The van der Waals surface area contributed by atoms with Gasteiger partial charge in [0.2, 0.25) is 5.16 Å². The second-order valence-electron chi connectivity index (χ2n) is 6.48. The number of nitrogens with zero attached hydrogens (tertiary/aromatic N) is 3. The van der Waals surface area contributed by atoms with Crippen molar-refractivity contribution in [2.75, 3.05) is 5.43 Å². The monoisotopic (exact) mass is 413 g/mol. The number of hydrogen-bond donors (Lipinski definition) is 2. The van der Waals surface area contributed by atoms with Crippen molar-refractivity contribution < 1.29 is 9.53 Å². The van der Waals surface area contributed by atoms with Gasteiger partial charge in [0.15, 0.2) is 5.82 Å². The second-order valence-corrected chi connectivity index (χ2v) is 8.16. The first-order chi connectivity index (χ1) is 12.2. The van der Waals surface area contributed by atoms with Crippen LogP contribution in [0.3, 0.4) is 0 Å². The molecule has 1 aromatic carbocycles. The molecular formula is C16H17Cl2N5O2S. The third-order valence-corrected chi connectivity index (χ3v) is 4.60. The molecule has 0 unspecified atom stereocenters. The van der Waals surface area contributed by atoms with E-state index in [1.807, 2.05) is 11.5 Å². The molecule has 0 saturated carbocycles.